The van der Waals surface area contributed by atoms with Crippen LogP contribution in [-0.4, -0.2) is 28.4 Å². The van der Waals surface area contributed by atoms with Gasteiger partial charge < -0.3 is 5.32 Å². The van der Waals surface area contributed by atoms with Crippen molar-refractivity contribution < 1.29 is 4.79 Å². The van der Waals surface area contributed by atoms with E-state index in [1.54, 1.807) is 30.5 Å². The maximum Gasteiger partial charge on any atom is 0.246 e. The van der Waals surface area contributed by atoms with E-state index in [0.29, 0.717) is 16.4 Å². The third kappa shape index (κ3) is 1.89. The van der Waals surface area contributed by atoms with Crippen molar-refractivity contribution in [3.63, 3.8) is 0 Å². The van der Waals surface area contributed by atoms with E-state index in [4.69, 9.17) is 11.6 Å². The molecule has 2 aromatic rings. The van der Waals surface area contributed by atoms with Gasteiger partial charge in [-0.3, -0.25) is 14.9 Å². The van der Waals surface area contributed by atoms with Crippen LogP contribution in [0.2, 0.25) is 5.02 Å². The van der Waals surface area contributed by atoms with E-state index in [2.05, 4.69) is 20.5 Å². The van der Waals surface area contributed by atoms with Gasteiger partial charge in [0, 0.05) is 16.8 Å². The molecule has 5 nitrogen and oxygen atoms in total. The lowest BCUT2D eigenvalue weighted by molar-refractivity contribution is -0.114. The predicted molar refractivity (Wildman–Crippen MR) is 69.2 cm³/mol. The maximum absolute atomic E-state index is 11.6. The normalized spacial score (nSPS) is 14.5. The van der Waals surface area contributed by atoms with Gasteiger partial charge in [0.2, 0.25) is 5.91 Å². The van der Waals surface area contributed by atoms with Crippen LogP contribution in [0.15, 0.2) is 35.5 Å². The van der Waals surface area contributed by atoms with Crippen LogP contribution in [0.4, 0.5) is 5.69 Å². The molecular weight excluding hydrogens is 252 g/mol. The number of H-pyrrole nitrogens is 1. The Morgan fingerprint density at radius 1 is 1.28 bits per heavy atom. The van der Waals surface area contributed by atoms with Crippen molar-refractivity contribution >= 4 is 28.9 Å². The number of hydrogen-bond donors (Lipinski definition) is 2. The lowest BCUT2D eigenvalue weighted by Gasteiger charge is -2.08. The van der Waals surface area contributed by atoms with Crippen molar-refractivity contribution in [3.8, 4) is 0 Å². The lowest BCUT2D eigenvalue weighted by atomic mass is 10.1. The molecule has 90 valence electrons. The number of aliphatic imine (C=N–C) groups is 1. The molecular formula is C12H9ClN4O. The van der Waals surface area contributed by atoms with E-state index in [0.717, 1.165) is 11.3 Å². The summed E-state index contributed by atoms with van der Waals surface area (Å²) in [5.41, 5.74) is 2.94. The van der Waals surface area contributed by atoms with E-state index in [1.165, 1.54) is 0 Å². The predicted octanol–water partition coefficient (Wildman–Crippen LogP) is 1.85. The standard InChI is InChI=1S/C12H9ClN4O/c13-7-1-2-9-8(5-7)12(10-3-4-15-17-10)14-6-11(18)16-9/h1-5H,6H2,(H,15,17)(H,16,18). The summed E-state index contributed by atoms with van der Waals surface area (Å²) in [7, 11) is 0. The van der Waals surface area contributed by atoms with Gasteiger partial charge in [-0.1, -0.05) is 11.6 Å². The third-order valence-electron chi connectivity index (χ3n) is 2.65. The molecule has 0 bridgehead atoms. The highest BCUT2D eigenvalue weighted by Crippen LogP contribution is 2.25. The summed E-state index contributed by atoms with van der Waals surface area (Å²) in [4.78, 5) is 15.9. The van der Waals surface area contributed by atoms with Crippen LogP contribution in [0.25, 0.3) is 0 Å². The van der Waals surface area contributed by atoms with Crippen molar-refractivity contribution in [3.05, 3.63) is 46.7 Å². The first-order valence-electron chi connectivity index (χ1n) is 5.38. The summed E-state index contributed by atoms with van der Waals surface area (Å²) in [6.45, 7) is 0.0840. The largest absolute Gasteiger partial charge is 0.324 e. The Labute approximate surface area is 108 Å². The van der Waals surface area contributed by atoms with Crippen molar-refractivity contribution in [1.82, 2.24) is 10.2 Å². The van der Waals surface area contributed by atoms with Crippen LogP contribution in [0, 0.1) is 0 Å². The lowest BCUT2D eigenvalue weighted by Crippen LogP contribution is -2.13. The quantitative estimate of drug-likeness (QED) is 0.822. The minimum absolute atomic E-state index is 0.0840. The molecule has 1 aromatic carbocycles. The average molecular weight is 261 g/mol. The summed E-state index contributed by atoms with van der Waals surface area (Å²) in [6, 6.07) is 7.09. The van der Waals surface area contributed by atoms with Crippen LogP contribution in [0.5, 0.6) is 0 Å². The molecule has 0 unspecified atom stereocenters. The van der Waals surface area contributed by atoms with Crippen LogP contribution in [0.3, 0.4) is 0 Å². The number of aromatic amines is 1. The number of nitrogens with one attached hydrogen (secondary N) is 2. The molecule has 1 aliphatic heterocycles. The van der Waals surface area contributed by atoms with Gasteiger partial charge in [-0.05, 0) is 24.3 Å². The Bertz CT molecular complexity index is 634. The molecule has 18 heavy (non-hydrogen) atoms. The first-order valence-corrected chi connectivity index (χ1v) is 5.76. The topological polar surface area (TPSA) is 70.1 Å². The molecule has 0 aliphatic carbocycles. The second-order valence-corrected chi connectivity index (χ2v) is 4.31. The number of benzodiazepines with no additional fused rings is 1. The van der Waals surface area contributed by atoms with Gasteiger partial charge in [0.25, 0.3) is 0 Å². The van der Waals surface area contributed by atoms with Crippen molar-refractivity contribution in [2.24, 2.45) is 4.99 Å². The van der Waals surface area contributed by atoms with Gasteiger partial charge in [0.05, 0.1) is 17.1 Å². The molecule has 1 aliphatic rings. The first kappa shape index (κ1) is 11.0. The zero-order valence-electron chi connectivity index (χ0n) is 9.27. The number of carbonyl (C=O) groups excluding carboxylic acids is 1. The molecule has 1 aromatic heterocycles. The molecule has 2 heterocycles. The number of fused-ring (bicyclic) bond motifs is 1. The van der Waals surface area contributed by atoms with Crippen LogP contribution in [0.1, 0.15) is 11.3 Å². The molecule has 2 N–H and O–H groups in total. The number of halogens is 1. The Morgan fingerprint density at radius 3 is 2.94 bits per heavy atom. The maximum atomic E-state index is 11.6. The highest BCUT2D eigenvalue weighted by atomic mass is 35.5. The zero-order chi connectivity index (χ0) is 12.5. The van der Waals surface area contributed by atoms with Gasteiger partial charge in [-0.15, -0.1) is 0 Å². The summed E-state index contributed by atoms with van der Waals surface area (Å²) in [5, 5.41) is 10.1. The number of hydrogen-bond acceptors (Lipinski definition) is 3. The molecule has 3 rings (SSSR count). The fourth-order valence-electron chi connectivity index (χ4n) is 1.87. The van der Waals surface area contributed by atoms with E-state index in [1.807, 2.05) is 0 Å². The minimum Gasteiger partial charge on any atom is -0.324 e. The highest BCUT2D eigenvalue weighted by Gasteiger charge is 2.18. The molecule has 0 fully saturated rings. The molecule has 0 saturated carbocycles. The van der Waals surface area contributed by atoms with E-state index in [-0.39, 0.29) is 12.5 Å². The Hall–Kier alpha value is -2.14. The zero-order valence-corrected chi connectivity index (χ0v) is 10.0. The van der Waals surface area contributed by atoms with Crippen molar-refractivity contribution in [1.29, 1.82) is 0 Å². The smallest absolute Gasteiger partial charge is 0.246 e. The van der Waals surface area contributed by atoms with Gasteiger partial charge >= 0.3 is 0 Å². The monoisotopic (exact) mass is 260 g/mol. The molecule has 0 saturated heterocycles. The second kappa shape index (κ2) is 4.27. The average Bonchev–Trinajstić information content (AvgIpc) is 2.81. The summed E-state index contributed by atoms with van der Waals surface area (Å²) >= 11 is 6.00. The number of amides is 1. The van der Waals surface area contributed by atoms with Gasteiger partial charge in [0.1, 0.15) is 6.54 Å². The molecule has 0 radical (unpaired) electrons. The van der Waals surface area contributed by atoms with Crippen molar-refractivity contribution in [2.75, 3.05) is 11.9 Å². The Morgan fingerprint density at radius 2 is 2.17 bits per heavy atom. The highest BCUT2D eigenvalue weighted by molar-refractivity contribution is 6.31. The number of rotatable bonds is 1. The fraction of sp³-hybridized carbons (Fsp3) is 0.0833. The number of benzene rings is 1. The third-order valence-corrected chi connectivity index (χ3v) is 2.88. The molecule has 0 atom stereocenters. The van der Waals surface area contributed by atoms with Gasteiger partial charge in [-0.25, -0.2) is 0 Å². The first-order chi connectivity index (χ1) is 8.74. The summed E-state index contributed by atoms with van der Waals surface area (Å²) in [6.07, 6.45) is 1.64. The minimum atomic E-state index is -0.145. The number of nitrogens with zero attached hydrogens (tertiary/aromatic N) is 2. The van der Waals surface area contributed by atoms with E-state index >= 15 is 0 Å². The Kier molecular flexibility index (Phi) is 2.60. The molecule has 1 amide bonds. The van der Waals surface area contributed by atoms with Crippen LogP contribution >= 0.6 is 11.6 Å². The van der Waals surface area contributed by atoms with Crippen molar-refractivity contribution in [2.45, 2.75) is 0 Å². The van der Waals surface area contributed by atoms with Crippen LogP contribution < -0.4 is 5.32 Å². The van der Waals surface area contributed by atoms with E-state index in [9.17, 15) is 4.79 Å². The van der Waals surface area contributed by atoms with Gasteiger partial charge in [0.15, 0.2) is 0 Å². The second-order valence-electron chi connectivity index (χ2n) is 3.87. The molecule has 0 spiro atoms. The fourth-order valence-corrected chi connectivity index (χ4v) is 2.04. The number of carbonyl (C=O) groups is 1. The number of anilines is 1. The summed E-state index contributed by atoms with van der Waals surface area (Å²) < 4.78 is 0. The SMILES string of the molecule is O=C1CN=C(c2ccn[nH]2)c2cc(Cl)ccc2N1. The van der Waals surface area contributed by atoms with Crippen LogP contribution in [-0.2, 0) is 4.79 Å². The molecule has 6 heteroatoms. The van der Waals surface area contributed by atoms with E-state index < -0.39 is 0 Å². The number of aromatic nitrogens is 2. The summed E-state index contributed by atoms with van der Waals surface area (Å²) in [5.74, 6) is -0.145. The Balaban J connectivity index is 2.20. The van der Waals surface area contributed by atoms with Gasteiger partial charge in [-0.2, -0.15) is 5.10 Å².